The number of anilines is 1. The lowest BCUT2D eigenvalue weighted by Crippen LogP contribution is -2.15. The molecule has 1 aliphatic heterocycles. The molecule has 0 bridgehead atoms. The predicted molar refractivity (Wildman–Crippen MR) is 88.4 cm³/mol. The first kappa shape index (κ1) is 15.7. The maximum Gasteiger partial charge on any atom is 0.189 e. The minimum Gasteiger partial charge on any atom is -0.467 e. The molecule has 128 valence electrons. The fourth-order valence-corrected chi connectivity index (χ4v) is 2.95. The van der Waals surface area contributed by atoms with E-state index >= 15 is 0 Å². The van der Waals surface area contributed by atoms with Crippen molar-refractivity contribution in [2.45, 2.75) is 13.0 Å². The van der Waals surface area contributed by atoms with Gasteiger partial charge < -0.3 is 14.8 Å². The van der Waals surface area contributed by atoms with Crippen LogP contribution in [0.5, 0.6) is 5.75 Å². The van der Waals surface area contributed by atoms with Crippen molar-refractivity contribution in [1.29, 1.82) is 0 Å². The molecule has 1 aliphatic rings. The van der Waals surface area contributed by atoms with Crippen LogP contribution in [-0.2, 0) is 17.8 Å². The van der Waals surface area contributed by atoms with E-state index in [2.05, 4.69) is 15.3 Å². The van der Waals surface area contributed by atoms with E-state index in [9.17, 15) is 8.78 Å². The average Bonchev–Trinajstić information content (AvgIpc) is 2.62. The van der Waals surface area contributed by atoms with Gasteiger partial charge in [-0.15, -0.1) is 0 Å². The number of nitrogens with one attached hydrogen (secondary N) is 1. The minimum absolute atomic E-state index is 0.162. The van der Waals surface area contributed by atoms with Crippen LogP contribution in [0.25, 0.3) is 10.9 Å². The number of benzene rings is 2. The molecule has 0 saturated carbocycles. The number of ether oxygens (including phenoxy) is 2. The minimum atomic E-state index is -0.393. The van der Waals surface area contributed by atoms with E-state index in [0.717, 1.165) is 5.56 Å². The van der Waals surface area contributed by atoms with Gasteiger partial charge in [-0.1, -0.05) is 6.07 Å². The second-order valence-corrected chi connectivity index (χ2v) is 5.70. The van der Waals surface area contributed by atoms with Gasteiger partial charge in [0.15, 0.2) is 6.79 Å². The van der Waals surface area contributed by atoms with Crippen LogP contribution in [0.1, 0.15) is 11.1 Å². The number of fused-ring (bicyclic) bond motifs is 2. The maximum atomic E-state index is 13.8. The van der Waals surface area contributed by atoms with E-state index in [0.29, 0.717) is 42.1 Å². The summed E-state index contributed by atoms with van der Waals surface area (Å²) in [6.07, 6.45) is 1.85. The molecule has 7 heteroatoms. The van der Waals surface area contributed by atoms with Gasteiger partial charge in [0.25, 0.3) is 0 Å². The third kappa shape index (κ3) is 3.10. The van der Waals surface area contributed by atoms with Crippen molar-refractivity contribution in [3.63, 3.8) is 0 Å². The van der Waals surface area contributed by atoms with Gasteiger partial charge in [-0.3, -0.25) is 0 Å². The molecule has 0 saturated heterocycles. The van der Waals surface area contributed by atoms with Crippen LogP contribution in [-0.4, -0.2) is 23.3 Å². The summed E-state index contributed by atoms with van der Waals surface area (Å²) in [6, 6.07) is 7.61. The summed E-state index contributed by atoms with van der Waals surface area (Å²) in [5.74, 6) is 0.500. The van der Waals surface area contributed by atoms with Gasteiger partial charge in [0.1, 0.15) is 35.0 Å². The van der Waals surface area contributed by atoms with E-state index in [4.69, 9.17) is 9.47 Å². The second-order valence-electron chi connectivity index (χ2n) is 5.70. The largest absolute Gasteiger partial charge is 0.467 e. The Morgan fingerprint density at radius 1 is 1.16 bits per heavy atom. The summed E-state index contributed by atoms with van der Waals surface area (Å²) >= 11 is 0. The number of nitrogens with zero attached hydrogens (tertiary/aromatic N) is 2. The molecule has 0 spiro atoms. The van der Waals surface area contributed by atoms with Crippen LogP contribution < -0.4 is 10.1 Å². The Balaban J connectivity index is 1.54. The fourth-order valence-electron chi connectivity index (χ4n) is 2.95. The molecule has 0 unspecified atom stereocenters. The van der Waals surface area contributed by atoms with Crippen molar-refractivity contribution < 1.29 is 18.3 Å². The lowest BCUT2D eigenvalue weighted by molar-refractivity contribution is -0.0172. The van der Waals surface area contributed by atoms with Gasteiger partial charge in [0, 0.05) is 17.5 Å². The Kier molecular flexibility index (Phi) is 4.15. The van der Waals surface area contributed by atoms with Crippen LogP contribution in [0.3, 0.4) is 0 Å². The summed E-state index contributed by atoms with van der Waals surface area (Å²) in [5, 5.41) is 3.77. The first-order chi connectivity index (χ1) is 12.2. The first-order valence-corrected chi connectivity index (χ1v) is 7.87. The summed E-state index contributed by atoms with van der Waals surface area (Å²) in [5.41, 5.74) is 1.73. The van der Waals surface area contributed by atoms with Crippen molar-refractivity contribution in [1.82, 2.24) is 9.97 Å². The lowest BCUT2D eigenvalue weighted by atomic mass is 10.1. The second kappa shape index (κ2) is 6.60. The molecule has 1 N–H and O–H groups in total. The molecular formula is C18H15F2N3O2. The topological polar surface area (TPSA) is 56.3 Å². The zero-order chi connectivity index (χ0) is 17.2. The zero-order valence-corrected chi connectivity index (χ0v) is 13.3. The van der Waals surface area contributed by atoms with Crippen LogP contribution in [0.2, 0.25) is 0 Å². The number of hydrogen-bond donors (Lipinski definition) is 1. The molecule has 3 aromatic rings. The first-order valence-electron chi connectivity index (χ1n) is 7.87. The number of rotatable bonds is 4. The van der Waals surface area contributed by atoms with Crippen molar-refractivity contribution in [2.24, 2.45) is 0 Å². The van der Waals surface area contributed by atoms with Crippen molar-refractivity contribution in [2.75, 3.05) is 18.7 Å². The standard InChI is InChI=1S/C18H15F2N3O2/c19-13-6-11(17-12(7-13)8-24-10-25-17)4-5-21-18-14-2-1-3-15(20)16(14)22-9-23-18/h1-3,6-7,9H,4-5,8,10H2,(H,21,22,23). The van der Waals surface area contributed by atoms with Crippen LogP contribution in [0, 0.1) is 11.6 Å². The van der Waals surface area contributed by atoms with E-state index in [1.807, 2.05) is 0 Å². The number of aromatic nitrogens is 2. The van der Waals surface area contributed by atoms with E-state index < -0.39 is 5.82 Å². The Bertz CT molecular complexity index is 934. The monoisotopic (exact) mass is 343 g/mol. The molecular weight excluding hydrogens is 328 g/mol. The molecule has 2 heterocycles. The van der Waals surface area contributed by atoms with Crippen LogP contribution in [0.15, 0.2) is 36.7 Å². The molecule has 2 aromatic carbocycles. The highest BCUT2D eigenvalue weighted by atomic mass is 19.1. The van der Waals surface area contributed by atoms with Crippen molar-refractivity contribution in [3.8, 4) is 5.75 Å². The molecule has 0 amide bonds. The third-order valence-electron chi connectivity index (χ3n) is 4.05. The number of halogens is 2. The van der Waals surface area contributed by atoms with E-state index in [-0.39, 0.29) is 18.1 Å². The zero-order valence-electron chi connectivity index (χ0n) is 13.3. The Morgan fingerprint density at radius 3 is 3.00 bits per heavy atom. The number of para-hydroxylation sites is 1. The third-order valence-corrected chi connectivity index (χ3v) is 4.05. The normalized spacial score (nSPS) is 13.4. The van der Waals surface area contributed by atoms with Crippen LogP contribution >= 0.6 is 0 Å². The highest BCUT2D eigenvalue weighted by Crippen LogP contribution is 2.30. The van der Waals surface area contributed by atoms with E-state index in [1.165, 1.54) is 24.5 Å². The fraction of sp³-hybridized carbons (Fsp3) is 0.222. The summed E-state index contributed by atoms with van der Waals surface area (Å²) in [4.78, 5) is 8.14. The van der Waals surface area contributed by atoms with Gasteiger partial charge in [-0.05, 0) is 36.2 Å². The van der Waals surface area contributed by atoms with Gasteiger partial charge in [0.05, 0.1) is 6.61 Å². The highest BCUT2D eigenvalue weighted by Gasteiger charge is 2.17. The average molecular weight is 343 g/mol. The summed E-state index contributed by atoms with van der Waals surface area (Å²) in [6.45, 7) is 0.987. The highest BCUT2D eigenvalue weighted by molar-refractivity contribution is 5.89. The van der Waals surface area contributed by atoms with Gasteiger partial charge in [-0.2, -0.15) is 0 Å². The van der Waals surface area contributed by atoms with E-state index in [1.54, 1.807) is 12.1 Å². The smallest absolute Gasteiger partial charge is 0.189 e. The van der Waals surface area contributed by atoms with Gasteiger partial charge in [-0.25, -0.2) is 18.7 Å². The quantitative estimate of drug-likeness (QED) is 0.787. The lowest BCUT2D eigenvalue weighted by Gasteiger charge is -2.21. The Morgan fingerprint density at radius 2 is 2.08 bits per heavy atom. The van der Waals surface area contributed by atoms with Crippen LogP contribution in [0.4, 0.5) is 14.6 Å². The predicted octanol–water partition coefficient (Wildman–Crippen LogP) is 3.43. The number of hydrogen-bond acceptors (Lipinski definition) is 5. The summed E-state index contributed by atoms with van der Waals surface area (Å²) in [7, 11) is 0. The van der Waals surface area contributed by atoms with Crippen molar-refractivity contribution >= 4 is 16.7 Å². The Labute approximate surface area is 142 Å². The molecule has 25 heavy (non-hydrogen) atoms. The van der Waals surface area contributed by atoms with Gasteiger partial charge in [0.2, 0.25) is 0 Å². The molecule has 1 aromatic heterocycles. The SMILES string of the molecule is Fc1cc(CCNc2ncnc3c(F)cccc23)c2c(c1)COCO2. The molecule has 0 radical (unpaired) electrons. The molecule has 0 fully saturated rings. The summed E-state index contributed by atoms with van der Waals surface area (Å²) < 4.78 is 38.3. The molecule has 0 atom stereocenters. The van der Waals surface area contributed by atoms with Crippen molar-refractivity contribution in [3.05, 3.63) is 59.4 Å². The van der Waals surface area contributed by atoms with Gasteiger partial charge >= 0.3 is 0 Å². The molecule has 5 nitrogen and oxygen atoms in total. The molecule has 4 rings (SSSR count). The maximum absolute atomic E-state index is 13.8. The molecule has 0 aliphatic carbocycles. The Hall–Kier alpha value is -2.80.